The molecule has 88 valence electrons. The van der Waals surface area contributed by atoms with E-state index in [1.54, 1.807) is 11.8 Å². The Morgan fingerprint density at radius 2 is 1.93 bits per heavy atom. The van der Waals surface area contributed by atoms with Crippen LogP contribution in [0.25, 0.3) is 0 Å². The Kier molecular flexibility index (Phi) is 6.40. The van der Waals surface area contributed by atoms with Gasteiger partial charge in [-0.25, -0.2) is 0 Å². The van der Waals surface area contributed by atoms with Crippen LogP contribution in [0, 0.1) is 0 Å². The minimum atomic E-state index is -0.854. The van der Waals surface area contributed by atoms with Crippen LogP contribution in [0.2, 0.25) is 0 Å². The van der Waals surface area contributed by atoms with Crippen molar-refractivity contribution >= 4 is 23.6 Å². The quantitative estimate of drug-likeness (QED) is 0.699. The first-order valence-electron chi connectivity index (χ1n) is 4.91. The summed E-state index contributed by atoms with van der Waals surface area (Å²) < 4.78 is 0.0302. The minimum absolute atomic E-state index is 0.0302. The fourth-order valence-electron chi connectivity index (χ4n) is 0.872. The van der Waals surface area contributed by atoms with Gasteiger partial charge in [-0.3, -0.25) is 9.59 Å². The van der Waals surface area contributed by atoms with E-state index in [9.17, 15) is 9.59 Å². The van der Waals surface area contributed by atoms with Gasteiger partial charge in [0.15, 0.2) is 0 Å². The molecule has 0 aliphatic heterocycles. The fraction of sp³-hybridized carbons (Fsp3) is 0.800. The predicted octanol–water partition coefficient (Wildman–Crippen LogP) is 1.50. The Hall–Kier alpha value is -0.710. The Balaban J connectivity index is 3.62. The van der Waals surface area contributed by atoms with Crippen molar-refractivity contribution in [3.05, 3.63) is 0 Å². The molecule has 0 spiro atoms. The summed E-state index contributed by atoms with van der Waals surface area (Å²) in [5.41, 5.74) is 0. The number of aliphatic carboxylic acids is 1. The van der Waals surface area contributed by atoms with Crippen LogP contribution in [0.5, 0.6) is 0 Å². The number of hydrogen-bond acceptors (Lipinski definition) is 3. The number of rotatable bonds is 7. The van der Waals surface area contributed by atoms with Crippen LogP contribution in [0.1, 0.15) is 33.1 Å². The van der Waals surface area contributed by atoms with Crippen LogP contribution < -0.4 is 5.32 Å². The van der Waals surface area contributed by atoms with Crippen LogP contribution >= 0.6 is 11.8 Å². The average molecular weight is 233 g/mol. The van der Waals surface area contributed by atoms with Gasteiger partial charge in [-0.1, -0.05) is 0 Å². The lowest BCUT2D eigenvalue weighted by atomic mass is 10.2. The molecule has 0 radical (unpaired) electrons. The first kappa shape index (κ1) is 14.3. The summed E-state index contributed by atoms with van der Waals surface area (Å²) in [6.07, 6.45) is 2.74. The Morgan fingerprint density at radius 1 is 1.33 bits per heavy atom. The van der Waals surface area contributed by atoms with Crippen LogP contribution in [-0.4, -0.2) is 34.5 Å². The van der Waals surface area contributed by atoms with Crippen molar-refractivity contribution < 1.29 is 14.7 Å². The molecule has 0 rings (SSSR count). The van der Waals surface area contributed by atoms with Crippen molar-refractivity contribution in [2.24, 2.45) is 0 Å². The summed E-state index contributed by atoms with van der Waals surface area (Å²) in [5.74, 6) is -0.925. The molecule has 5 heteroatoms. The van der Waals surface area contributed by atoms with Crippen molar-refractivity contribution in [1.29, 1.82) is 0 Å². The smallest absolute Gasteiger partial charge is 0.303 e. The molecule has 1 amide bonds. The van der Waals surface area contributed by atoms with Gasteiger partial charge in [-0.05, 0) is 26.5 Å². The van der Waals surface area contributed by atoms with Crippen molar-refractivity contribution in [2.45, 2.75) is 37.9 Å². The number of carbonyl (C=O) groups excluding carboxylic acids is 1. The first-order chi connectivity index (χ1) is 6.87. The van der Waals surface area contributed by atoms with E-state index in [-0.39, 0.29) is 23.5 Å². The molecule has 0 aromatic heterocycles. The molecule has 0 aliphatic carbocycles. The van der Waals surface area contributed by atoms with Gasteiger partial charge in [0.2, 0.25) is 5.91 Å². The molecular formula is C10H19NO3S. The zero-order valence-electron chi connectivity index (χ0n) is 9.50. The van der Waals surface area contributed by atoms with Crippen LogP contribution in [0.3, 0.4) is 0 Å². The average Bonchev–Trinajstić information content (AvgIpc) is 2.14. The van der Waals surface area contributed by atoms with Crippen molar-refractivity contribution in [2.75, 3.05) is 12.8 Å². The van der Waals surface area contributed by atoms with Gasteiger partial charge in [0.25, 0.3) is 0 Å². The van der Waals surface area contributed by atoms with Gasteiger partial charge < -0.3 is 10.4 Å². The number of thioether (sulfide) groups is 1. The highest BCUT2D eigenvalue weighted by molar-refractivity contribution is 7.99. The second-order valence-electron chi connectivity index (χ2n) is 3.99. The SMILES string of the molecule is CSC(C)(C)CNC(=O)CCCC(=O)O. The van der Waals surface area contributed by atoms with Crippen LogP contribution in [-0.2, 0) is 9.59 Å². The van der Waals surface area contributed by atoms with Gasteiger partial charge in [-0.2, -0.15) is 11.8 Å². The maximum atomic E-state index is 11.3. The molecule has 15 heavy (non-hydrogen) atoms. The first-order valence-corrected chi connectivity index (χ1v) is 6.13. The van der Waals surface area contributed by atoms with Gasteiger partial charge in [0, 0.05) is 24.1 Å². The molecule has 0 atom stereocenters. The molecule has 0 bridgehead atoms. The number of carbonyl (C=O) groups is 2. The lowest BCUT2D eigenvalue weighted by molar-refractivity contribution is -0.137. The molecule has 0 saturated heterocycles. The summed E-state index contributed by atoms with van der Waals surface area (Å²) in [6, 6.07) is 0. The lowest BCUT2D eigenvalue weighted by Gasteiger charge is -2.22. The normalized spacial score (nSPS) is 11.1. The van der Waals surface area contributed by atoms with Crippen molar-refractivity contribution in [3.63, 3.8) is 0 Å². The second kappa shape index (κ2) is 6.71. The summed E-state index contributed by atoms with van der Waals surface area (Å²) in [7, 11) is 0. The van der Waals surface area contributed by atoms with E-state index in [1.807, 2.05) is 6.26 Å². The third kappa shape index (κ3) is 8.30. The van der Waals surface area contributed by atoms with E-state index >= 15 is 0 Å². The molecule has 0 aliphatic rings. The van der Waals surface area contributed by atoms with E-state index in [0.29, 0.717) is 13.0 Å². The maximum Gasteiger partial charge on any atom is 0.303 e. The second-order valence-corrected chi connectivity index (χ2v) is 5.50. The predicted molar refractivity (Wildman–Crippen MR) is 62.1 cm³/mol. The molecule has 0 heterocycles. The Morgan fingerprint density at radius 3 is 2.40 bits per heavy atom. The minimum Gasteiger partial charge on any atom is -0.481 e. The highest BCUT2D eigenvalue weighted by Crippen LogP contribution is 2.19. The molecule has 0 aromatic carbocycles. The zero-order chi connectivity index (χ0) is 11.9. The number of hydrogen-bond donors (Lipinski definition) is 2. The maximum absolute atomic E-state index is 11.3. The molecule has 0 saturated carbocycles. The Labute approximate surface area is 94.8 Å². The van der Waals surface area contributed by atoms with Gasteiger partial charge in [0.05, 0.1) is 0 Å². The summed E-state index contributed by atoms with van der Waals surface area (Å²) in [4.78, 5) is 21.5. The van der Waals surface area contributed by atoms with Crippen molar-refractivity contribution in [1.82, 2.24) is 5.32 Å². The standard InChI is InChI=1S/C10H19NO3S/c1-10(2,15-3)7-11-8(12)5-4-6-9(13)14/h4-7H2,1-3H3,(H,11,12)(H,13,14). The number of carboxylic acids is 1. The highest BCUT2D eigenvalue weighted by atomic mass is 32.2. The molecule has 4 nitrogen and oxygen atoms in total. The largest absolute Gasteiger partial charge is 0.481 e. The fourth-order valence-corrected chi connectivity index (χ4v) is 1.09. The molecule has 0 fully saturated rings. The van der Waals surface area contributed by atoms with Crippen LogP contribution in [0.4, 0.5) is 0 Å². The summed E-state index contributed by atoms with van der Waals surface area (Å²) in [6.45, 7) is 4.71. The molecule has 0 unspecified atom stereocenters. The van der Waals surface area contributed by atoms with E-state index in [1.165, 1.54) is 0 Å². The van der Waals surface area contributed by atoms with Crippen molar-refractivity contribution in [3.8, 4) is 0 Å². The van der Waals surface area contributed by atoms with E-state index in [2.05, 4.69) is 19.2 Å². The molecule has 2 N–H and O–H groups in total. The highest BCUT2D eigenvalue weighted by Gasteiger charge is 2.16. The third-order valence-corrected chi connectivity index (χ3v) is 3.31. The summed E-state index contributed by atoms with van der Waals surface area (Å²) in [5, 5.41) is 11.2. The Bertz CT molecular complexity index is 229. The van der Waals surface area contributed by atoms with Gasteiger partial charge in [-0.15, -0.1) is 0 Å². The van der Waals surface area contributed by atoms with E-state index in [4.69, 9.17) is 5.11 Å². The van der Waals surface area contributed by atoms with E-state index < -0.39 is 5.97 Å². The van der Waals surface area contributed by atoms with E-state index in [0.717, 1.165) is 0 Å². The van der Waals surface area contributed by atoms with Gasteiger partial charge in [0.1, 0.15) is 0 Å². The third-order valence-electron chi connectivity index (χ3n) is 2.06. The molecular weight excluding hydrogens is 214 g/mol. The van der Waals surface area contributed by atoms with Crippen LogP contribution in [0.15, 0.2) is 0 Å². The number of amides is 1. The summed E-state index contributed by atoms with van der Waals surface area (Å²) >= 11 is 1.69. The number of nitrogens with one attached hydrogen (secondary N) is 1. The number of carboxylic acid groups (broad SMARTS) is 1. The topological polar surface area (TPSA) is 66.4 Å². The monoisotopic (exact) mass is 233 g/mol. The molecule has 0 aromatic rings. The zero-order valence-corrected chi connectivity index (χ0v) is 10.3. The lowest BCUT2D eigenvalue weighted by Crippen LogP contribution is -2.35. The van der Waals surface area contributed by atoms with Gasteiger partial charge >= 0.3 is 5.97 Å².